The van der Waals surface area contributed by atoms with Crippen LogP contribution in [-0.4, -0.2) is 35.4 Å². The third-order valence-electron chi connectivity index (χ3n) is 4.98. The Morgan fingerprint density at radius 1 is 1.00 bits per heavy atom. The first kappa shape index (κ1) is 21.4. The maximum atomic E-state index is 15.7. The number of alkyl halides is 2. The van der Waals surface area contributed by atoms with Crippen molar-refractivity contribution in [1.29, 1.82) is 0 Å². The quantitative estimate of drug-likeness (QED) is 0.442. The van der Waals surface area contributed by atoms with Crippen molar-refractivity contribution >= 4 is 0 Å². The minimum absolute atomic E-state index is 0.0719. The fourth-order valence-corrected chi connectivity index (χ4v) is 3.33. The predicted octanol–water partition coefficient (Wildman–Crippen LogP) is 3.40. The number of aromatic nitrogens is 5. The first-order valence-corrected chi connectivity index (χ1v) is 9.24. The number of hydrogen-bond acceptors (Lipinski definition) is 6. The van der Waals surface area contributed by atoms with Gasteiger partial charge in [-0.15, -0.1) is 5.10 Å². The van der Waals surface area contributed by atoms with Gasteiger partial charge >= 0.3 is 5.92 Å². The number of phenolic OH excluding ortho intramolecular Hbond substituents is 1. The Labute approximate surface area is 178 Å². The second-order valence-corrected chi connectivity index (χ2v) is 7.02. The molecular weight excluding hydrogens is 430 g/mol. The van der Waals surface area contributed by atoms with E-state index < -0.39 is 41.0 Å². The van der Waals surface area contributed by atoms with E-state index in [0.29, 0.717) is 17.2 Å². The molecule has 2 N–H and O–H groups in total. The average molecular weight is 445 g/mol. The van der Waals surface area contributed by atoms with Crippen molar-refractivity contribution in [3.8, 4) is 16.9 Å². The number of tetrazole rings is 1. The summed E-state index contributed by atoms with van der Waals surface area (Å²) in [7, 11) is 0. The van der Waals surface area contributed by atoms with Gasteiger partial charge in [-0.25, -0.2) is 13.5 Å². The van der Waals surface area contributed by atoms with E-state index in [1.54, 1.807) is 18.2 Å². The molecule has 0 saturated carbocycles. The molecule has 2 aromatic carbocycles. The van der Waals surface area contributed by atoms with E-state index in [4.69, 9.17) is 0 Å². The monoisotopic (exact) mass is 445 g/mol. The molecule has 7 nitrogen and oxygen atoms in total. The lowest BCUT2D eigenvalue weighted by Crippen LogP contribution is -2.48. The summed E-state index contributed by atoms with van der Waals surface area (Å²) in [6, 6.07) is 10.4. The molecule has 4 rings (SSSR count). The number of aromatic hydroxyl groups is 1. The second-order valence-electron chi connectivity index (χ2n) is 7.02. The van der Waals surface area contributed by atoms with Gasteiger partial charge in [0.1, 0.15) is 29.4 Å². The molecule has 1 atom stereocenters. The molecule has 0 fully saturated rings. The summed E-state index contributed by atoms with van der Waals surface area (Å²) in [6.07, 6.45) is 2.06. The van der Waals surface area contributed by atoms with Crippen LogP contribution in [0.1, 0.15) is 11.3 Å². The lowest BCUT2D eigenvalue weighted by atomic mass is 9.84. The van der Waals surface area contributed by atoms with Crippen LogP contribution in [0.4, 0.5) is 17.6 Å². The number of pyridine rings is 1. The normalized spacial score (nSPS) is 13.7. The highest BCUT2D eigenvalue weighted by Crippen LogP contribution is 2.47. The van der Waals surface area contributed by atoms with E-state index in [1.165, 1.54) is 12.1 Å². The molecule has 4 aromatic rings. The number of rotatable bonds is 6. The Morgan fingerprint density at radius 2 is 1.78 bits per heavy atom. The maximum absolute atomic E-state index is 15.7. The van der Waals surface area contributed by atoms with Crippen LogP contribution in [0, 0.1) is 11.6 Å². The van der Waals surface area contributed by atoms with Crippen molar-refractivity contribution < 1.29 is 27.8 Å². The minimum Gasteiger partial charge on any atom is -0.507 e. The van der Waals surface area contributed by atoms with Crippen molar-refractivity contribution in [3.63, 3.8) is 0 Å². The van der Waals surface area contributed by atoms with Gasteiger partial charge in [0.25, 0.3) is 0 Å². The van der Waals surface area contributed by atoms with Gasteiger partial charge in [0.15, 0.2) is 5.60 Å². The van der Waals surface area contributed by atoms with Gasteiger partial charge in [0, 0.05) is 29.0 Å². The van der Waals surface area contributed by atoms with E-state index in [9.17, 15) is 19.0 Å². The summed E-state index contributed by atoms with van der Waals surface area (Å²) in [5, 5.41) is 31.2. The first-order chi connectivity index (χ1) is 15.2. The summed E-state index contributed by atoms with van der Waals surface area (Å²) in [6.45, 7) is -0.946. The summed E-state index contributed by atoms with van der Waals surface area (Å²) in [5.74, 6) is -6.59. The standard InChI is InChI=1S/C21H15F4N5O2/c22-14-6-7-16(17(23)9-14)20(32,11-30-12-27-28-29-30)21(24,25)19-8-5-13(10-26-19)15-3-1-2-4-18(15)31/h1-10,12,31-32H,11H2. The Hall–Kier alpha value is -3.86. The summed E-state index contributed by atoms with van der Waals surface area (Å²) >= 11 is 0. The van der Waals surface area contributed by atoms with E-state index in [1.807, 2.05) is 0 Å². The summed E-state index contributed by atoms with van der Waals surface area (Å²) < 4.78 is 60.0. The highest BCUT2D eigenvalue weighted by molar-refractivity contribution is 5.69. The van der Waals surface area contributed by atoms with E-state index >= 15 is 8.78 Å². The molecular formula is C21H15F4N5O2. The number of benzene rings is 2. The number of aliphatic hydroxyl groups is 1. The summed E-state index contributed by atoms with van der Waals surface area (Å²) in [4.78, 5) is 3.76. The van der Waals surface area contributed by atoms with Crippen molar-refractivity contribution in [2.75, 3.05) is 0 Å². The van der Waals surface area contributed by atoms with Gasteiger partial charge in [-0.2, -0.15) is 8.78 Å². The number of para-hydroxylation sites is 1. The molecule has 11 heteroatoms. The molecule has 0 amide bonds. The van der Waals surface area contributed by atoms with Crippen molar-refractivity contribution in [2.45, 2.75) is 18.1 Å². The SMILES string of the molecule is Oc1ccccc1-c1ccc(C(F)(F)C(O)(Cn2cnnn2)c2ccc(F)cc2F)nc1. The van der Waals surface area contributed by atoms with Crippen LogP contribution in [0.3, 0.4) is 0 Å². The highest BCUT2D eigenvalue weighted by atomic mass is 19.3. The highest BCUT2D eigenvalue weighted by Gasteiger charge is 2.58. The van der Waals surface area contributed by atoms with Gasteiger partial charge in [0.05, 0.1) is 6.54 Å². The fraction of sp³-hybridized carbons (Fsp3) is 0.143. The lowest BCUT2D eigenvalue weighted by molar-refractivity contribution is -0.207. The maximum Gasteiger partial charge on any atom is 0.323 e. The van der Waals surface area contributed by atoms with Crippen LogP contribution >= 0.6 is 0 Å². The van der Waals surface area contributed by atoms with Crippen LogP contribution < -0.4 is 0 Å². The molecule has 0 aliphatic carbocycles. The molecule has 164 valence electrons. The van der Waals surface area contributed by atoms with Gasteiger partial charge in [0.2, 0.25) is 0 Å². The molecule has 0 aliphatic rings. The van der Waals surface area contributed by atoms with Gasteiger partial charge in [-0.3, -0.25) is 4.98 Å². The minimum atomic E-state index is -4.16. The predicted molar refractivity (Wildman–Crippen MR) is 103 cm³/mol. The zero-order valence-electron chi connectivity index (χ0n) is 16.2. The van der Waals surface area contributed by atoms with Crippen molar-refractivity contribution in [3.05, 3.63) is 90.0 Å². The molecule has 2 aromatic heterocycles. The topological polar surface area (TPSA) is 97.0 Å². The fourth-order valence-electron chi connectivity index (χ4n) is 3.33. The third-order valence-corrected chi connectivity index (χ3v) is 4.98. The molecule has 0 radical (unpaired) electrons. The number of nitrogens with zero attached hydrogens (tertiary/aromatic N) is 5. The van der Waals surface area contributed by atoms with E-state index in [2.05, 4.69) is 20.5 Å². The van der Waals surface area contributed by atoms with Crippen molar-refractivity contribution in [1.82, 2.24) is 25.2 Å². The Morgan fingerprint density at radius 3 is 2.41 bits per heavy atom. The number of hydrogen-bond donors (Lipinski definition) is 2. The number of halogens is 4. The molecule has 1 unspecified atom stereocenters. The molecule has 0 bridgehead atoms. The molecule has 2 heterocycles. The smallest absolute Gasteiger partial charge is 0.323 e. The van der Waals surface area contributed by atoms with E-state index in [0.717, 1.165) is 35.4 Å². The number of phenols is 1. The Bertz CT molecular complexity index is 1240. The molecule has 32 heavy (non-hydrogen) atoms. The lowest BCUT2D eigenvalue weighted by Gasteiger charge is -2.35. The third kappa shape index (κ3) is 3.66. The molecule has 0 aliphatic heterocycles. The van der Waals surface area contributed by atoms with Crippen LogP contribution in [0.5, 0.6) is 5.75 Å². The molecule has 0 spiro atoms. The van der Waals surface area contributed by atoms with Gasteiger partial charge in [-0.05, 0) is 34.7 Å². The zero-order valence-corrected chi connectivity index (χ0v) is 16.2. The van der Waals surface area contributed by atoms with Crippen LogP contribution in [0.25, 0.3) is 11.1 Å². The zero-order chi connectivity index (χ0) is 22.9. The van der Waals surface area contributed by atoms with Gasteiger partial charge in [-0.1, -0.05) is 24.3 Å². The first-order valence-electron chi connectivity index (χ1n) is 9.24. The van der Waals surface area contributed by atoms with E-state index in [-0.39, 0.29) is 5.75 Å². The second kappa shape index (κ2) is 8.00. The van der Waals surface area contributed by atoms with Crippen LogP contribution in [0.15, 0.2) is 67.1 Å². The van der Waals surface area contributed by atoms with Crippen molar-refractivity contribution in [2.24, 2.45) is 0 Å². The Kier molecular flexibility index (Phi) is 5.35. The van der Waals surface area contributed by atoms with Crippen LogP contribution in [-0.2, 0) is 18.1 Å². The largest absolute Gasteiger partial charge is 0.507 e. The van der Waals surface area contributed by atoms with Crippen LogP contribution in [0.2, 0.25) is 0 Å². The molecule has 0 saturated heterocycles. The average Bonchev–Trinajstić information content (AvgIpc) is 3.27. The summed E-state index contributed by atoms with van der Waals surface area (Å²) in [5.41, 5.74) is -4.24. The Balaban J connectivity index is 1.80. The van der Waals surface area contributed by atoms with Gasteiger partial charge < -0.3 is 10.2 Å².